The van der Waals surface area contributed by atoms with Gasteiger partial charge >= 0.3 is 21.7 Å². The number of hydrogen-bond acceptors (Lipinski definition) is 0. The van der Waals surface area contributed by atoms with Gasteiger partial charge in [-0.15, -0.1) is 0 Å². The van der Waals surface area contributed by atoms with E-state index in [0.717, 1.165) is 0 Å². The van der Waals surface area contributed by atoms with Crippen LogP contribution in [0, 0.1) is 0 Å². The fraction of sp³-hybridized carbons (Fsp3) is 0.312. The average molecular weight is 396 g/mol. The fourth-order valence-corrected chi connectivity index (χ4v) is 5.43. The molecule has 0 aliphatic rings. The van der Waals surface area contributed by atoms with Gasteiger partial charge in [-0.05, 0) is 0 Å². The fourth-order valence-electron chi connectivity index (χ4n) is 2.56. The average Bonchev–Trinajstić information content (AvgIpc) is 2.80. The molecule has 0 N–H and O–H groups in total. The van der Waals surface area contributed by atoms with E-state index >= 15 is 0 Å². The first-order chi connectivity index (χ1) is 8.16. The van der Waals surface area contributed by atoms with E-state index in [1.54, 1.807) is 10.8 Å². The summed E-state index contributed by atoms with van der Waals surface area (Å²) >= 11 is 0. The Bertz CT molecular complexity index is 483. The van der Waals surface area contributed by atoms with Crippen molar-refractivity contribution < 1.29 is 58.9 Å². The van der Waals surface area contributed by atoms with Crippen LogP contribution in [-0.4, -0.2) is 8.07 Å². The van der Waals surface area contributed by atoms with Crippen LogP contribution in [0.1, 0.15) is 18.9 Å². The third kappa shape index (κ3) is 6.17. The minimum atomic E-state index is -1.49. The van der Waals surface area contributed by atoms with E-state index in [1.807, 2.05) is 0 Å². The van der Waals surface area contributed by atoms with Crippen LogP contribution in [0.3, 0.4) is 0 Å². The van der Waals surface area contributed by atoms with Crippen LogP contribution in [0.5, 0.6) is 0 Å². The van der Waals surface area contributed by atoms with E-state index in [0.29, 0.717) is 0 Å². The van der Waals surface area contributed by atoms with Crippen LogP contribution >= 0.6 is 0 Å². The molecule has 0 nitrogen and oxygen atoms in total. The Kier molecular flexibility index (Phi) is 14.9. The first-order valence-electron chi connectivity index (χ1n) is 6.47. The van der Waals surface area contributed by atoms with Gasteiger partial charge in [0.1, 0.15) is 0 Å². The number of halogens is 3. The molecule has 0 fully saturated rings. The van der Waals surface area contributed by atoms with Crippen molar-refractivity contribution in [2.75, 3.05) is 0 Å². The summed E-state index contributed by atoms with van der Waals surface area (Å²) in [5, 5.41) is 3.15. The summed E-state index contributed by atoms with van der Waals surface area (Å²) in [6.45, 7) is 7.17. The predicted octanol–water partition coefficient (Wildman–Crippen LogP) is -5.81. The van der Waals surface area contributed by atoms with Gasteiger partial charge in [-0.25, -0.2) is 12.1 Å². The molecule has 0 radical (unpaired) electrons. The van der Waals surface area contributed by atoms with Crippen molar-refractivity contribution >= 4 is 18.4 Å². The van der Waals surface area contributed by atoms with Crippen LogP contribution in [0.15, 0.2) is 48.5 Å². The molecular weight excluding hydrogens is 374 g/mol. The molecule has 0 aliphatic carbocycles. The van der Waals surface area contributed by atoms with Crippen molar-refractivity contribution in [2.24, 2.45) is 0 Å². The summed E-state index contributed by atoms with van der Waals surface area (Å²) in [4.78, 5) is 0. The van der Waals surface area contributed by atoms with E-state index < -0.39 is 8.07 Å². The zero-order chi connectivity index (χ0) is 12.3. The standard InChI is InChI=1S/C16H21Si.3ClH.Ti/c1-4-9-14-10-8-13-16(14)17(2,3)15-11-6-5-7-12-15;;;;/h5-8,10-13H,4,9H2,1-3H3;3*1H;/q-1;;;;+4/p-3. The quantitative estimate of drug-likeness (QED) is 0.358. The van der Waals surface area contributed by atoms with Crippen LogP contribution in [0.2, 0.25) is 13.1 Å². The minimum absolute atomic E-state index is 0. The van der Waals surface area contributed by atoms with Crippen molar-refractivity contribution in [3.63, 3.8) is 0 Å². The first kappa shape index (κ1) is 26.3. The van der Waals surface area contributed by atoms with Gasteiger partial charge in [-0.1, -0.05) is 68.4 Å². The van der Waals surface area contributed by atoms with Crippen molar-refractivity contribution in [3.8, 4) is 0 Å². The molecule has 2 rings (SSSR count). The Hall–Kier alpha value is 0.371. The van der Waals surface area contributed by atoms with Crippen molar-refractivity contribution in [1.29, 1.82) is 0 Å². The first-order valence-corrected chi connectivity index (χ1v) is 9.47. The third-order valence-corrected chi connectivity index (χ3v) is 7.21. The van der Waals surface area contributed by atoms with Crippen LogP contribution in [0.25, 0.3) is 0 Å². The minimum Gasteiger partial charge on any atom is -1.00 e. The molecule has 0 spiro atoms. The van der Waals surface area contributed by atoms with Gasteiger partial charge in [0.2, 0.25) is 0 Å². The van der Waals surface area contributed by atoms with Gasteiger partial charge in [0.25, 0.3) is 0 Å². The molecule has 0 bridgehead atoms. The summed E-state index contributed by atoms with van der Waals surface area (Å²) in [6.07, 6.45) is 2.45. The second-order valence-electron chi connectivity index (χ2n) is 5.21. The molecule has 2 aromatic carbocycles. The monoisotopic (exact) mass is 394 g/mol. The van der Waals surface area contributed by atoms with E-state index in [1.165, 1.54) is 18.0 Å². The van der Waals surface area contributed by atoms with Gasteiger partial charge in [0.05, 0.1) is 8.07 Å². The molecular formula is C16H21Cl3SiTi. The summed E-state index contributed by atoms with van der Waals surface area (Å²) < 4.78 is 0. The maximum absolute atomic E-state index is 2.46. The van der Waals surface area contributed by atoms with Crippen molar-refractivity contribution in [1.82, 2.24) is 0 Å². The second-order valence-corrected chi connectivity index (χ2v) is 9.57. The molecule has 0 heterocycles. The van der Waals surface area contributed by atoms with E-state index in [9.17, 15) is 0 Å². The molecule has 21 heavy (non-hydrogen) atoms. The van der Waals surface area contributed by atoms with Crippen molar-refractivity contribution in [2.45, 2.75) is 32.9 Å². The number of rotatable bonds is 4. The maximum atomic E-state index is 2.46. The zero-order valence-electron chi connectivity index (χ0n) is 12.7. The second kappa shape index (κ2) is 11.9. The zero-order valence-corrected chi connectivity index (χ0v) is 17.5. The number of hydrogen-bond donors (Lipinski definition) is 0. The number of aryl methyl sites for hydroxylation is 1. The Balaban J connectivity index is -0.000000810. The molecule has 0 amide bonds. The van der Waals surface area contributed by atoms with Crippen LogP contribution < -0.4 is 47.6 Å². The SMILES string of the molecule is CCCc1ccc[c-]1[Si](C)(C)c1ccccc1.[Cl-].[Cl-].[Cl-].[Ti+4]. The summed E-state index contributed by atoms with van der Waals surface area (Å²) in [6, 6.07) is 17.9. The summed E-state index contributed by atoms with van der Waals surface area (Å²) in [5.74, 6) is 0. The Morgan fingerprint density at radius 2 is 1.48 bits per heavy atom. The summed E-state index contributed by atoms with van der Waals surface area (Å²) in [5.41, 5.74) is 1.56. The predicted molar refractivity (Wildman–Crippen MR) is 79.2 cm³/mol. The van der Waals surface area contributed by atoms with Gasteiger partial charge < -0.3 is 37.2 Å². The maximum Gasteiger partial charge on any atom is 4.00 e. The Morgan fingerprint density at radius 1 is 0.905 bits per heavy atom. The molecule has 0 aliphatic heterocycles. The molecule has 5 heteroatoms. The van der Waals surface area contributed by atoms with Crippen molar-refractivity contribution in [3.05, 3.63) is 54.1 Å². The Morgan fingerprint density at radius 3 is 2.00 bits per heavy atom. The molecule has 114 valence electrons. The van der Waals surface area contributed by atoms with Gasteiger partial charge in [0, 0.05) is 0 Å². The largest absolute Gasteiger partial charge is 4.00 e. The molecule has 0 saturated heterocycles. The molecule has 0 unspecified atom stereocenters. The molecule has 0 atom stereocenters. The molecule has 0 aromatic heterocycles. The Labute approximate surface area is 163 Å². The van der Waals surface area contributed by atoms with Gasteiger partial charge in [-0.2, -0.15) is 16.8 Å². The number of benzene rings is 1. The summed E-state index contributed by atoms with van der Waals surface area (Å²) in [7, 11) is -1.49. The van der Waals surface area contributed by atoms with E-state index in [2.05, 4.69) is 68.5 Å². The van der Waals surface area contributed by atoms with Crippen LogP contribution in [-0.2, 0) is 28.1 Å². The van der Waals surface area contributed by atoms with Crippen LogP contribution in [0.4, 0.5) is 0 Å². The van der Waals surface area contributed by atoms with Gasteiger partial charge in [-0.3, -0.25) is 0 Å². The topological polar surface area (TPSA) is 0 Å². The smallest absolute Gasteiger partial charge is 1.00 e. The molecule has 2 aromatic rings. The van der Waals surface area contributed by atoms with Gasteiger partial charge in [0.15, 0.2) is 0 Å². The van der Waals surface area contributed by atoms with E-state index in [-0.39, 0.29) is 58.9 Å². The molecule has 0 saturated carbocycles. The normalized spacial score (nSPS) is 9.48. The van der Waals surface area contributed by atoms with E-state index in [4.69, 9.17) is 0 Å². The third-order valence-electron chi connectivity index (χ3n) is 3.59.